The fourth-order valence-electron chi connectivity index (χ4n) is 1.000. The van der Waals surface area contributed by atoms with Crippen molar-refractivity contribution in [2.75, 3.05) is 0 Å². The highest BCUT2D eigenvalue weighted by Gasteiger charge is 2.31. The van der Waals surface area contributed by atoms with Crippen LogP contribution in [-0.2, 0) is 9.72 Å². The molecule has 0 bridgehead atoms. The van der Waals surface area contributed by atoms with Gasteiger partial charge in [-0.2, -0.15) is 13.2 Å². The fraction of sp³-hybridized carbons (Fsp3) is 0.333. The van der Waals surface area contributed by atoms with Crippen molar-refractivity contribution in [3.8, 4) is 0 Å². The quantitative estimate of drug-likeness (QED) is 0.480. The first-order chi connectivity index (χ1) is 6.21. The molecule has 0 radical (unpaired) electrons. The SMILES string of the molecule is C[C@@](N)(I)c1cccc(C(F)(F)F)c1. The van der Waals surface area contributed by atoms with Crippen molar-refractivity contribution in [2.45, 2.75) is 16.6 Å². The van der Waals surface area contributed by atoms with Crippen molar-refractivity contribution in [3.05, 3.63) is 35.4 Å². The minimum Gasteiger partial charge on any atom is -0.313 e. The molecule has 0 unspecified atom stereocenters. The summed E-state index contributed by atoms with van der Waals surface area (Å²) in [5.74, 6) is 0. The molecule has 0 spiro atoms. The van der Waals surface area contributed by atoms with Gasteiger partial charge in [0.05, 0.1) is 9.11 Å². The Labute approximate surface area is 93.6 Å². The molecule has 0 heterocycles. The molecular weight excluding hydrogens is 306 g/mol. The third-order valence-corrected chi connectivity index (χ3v) is 2.38. The molecule has 5 heteroatoms. The van der Waals surface area contributed by atoms with Gasteiger partial charge in [-0.05, 0) is 24.6 Å². The fourth-order valence-corrected chi connectivity index (χ4v) is 1.34. The first-order valence-electron chi connectivity index (χ1n) is 3.87. The van der Waals surface area contributed by atoms with Gasteiger partial charge in [-0.25, -0.2) is 0 Å². The summed E-state index contributed by atoms with van der Waals surface area (Å²) in [6, 6.07) is 5.06. The maximum absolute atomic E-state index is 12.3. The highest BCUT2D eigenvalue weighted by atomic mass is 127. The van der Waals surface area contributed by atoms with Crippen molar-refractivity contribution in [1.29, 1.82) is 0 Å². The van der Waals surface area contributed by atoms with Gasteiger partial charge in [-0.15, -0.1) is 0 Å². The normalized spacial score (nSPS) is 16.4. The first kappa shape index (κ1) is 11.8. The number of nitrogens with two attached hydrogens (primary N) is 1. The largest absolute Gasteiger partial charge is 0.416 e. The summed E-state index contributed by atoms with van der Waals surface area (Å²) < 4.78 is 36.2. The smallest absolute Gasteiger partial charge is 0.313 e. The van der Waals surface area contributed by atoms with Crippen LogP contribution in [0.25, 0.3) is 0 Å². The van der Waals surface area contributed by atoms with Gasteiger partial charge in [-0.3, -0.25) is 0 Å². The van der Waals surface area contributed by atoms with Crippen molar-refractivity contribution < 1.29 is 13.2 Å². The van der Waals surface area contributed by atoms with Crippen LogP contribution in [-0.4, -0.2) is 0 Å². The van der Waals surface area contributed by atoms with E-state index in [1.165, 1.54) is 6.07 Å². The van der Waals surface area contributed by atoms with E-state index in [2.05, 4.69) is 0 Å². The Kier molecular flexibility index (Phi) is 3.10. The Morgan fingerprint density at radius 1 is 1.21 bits per heavy atom. The molecule has 14 heavy (non-hydrogen) atoms. The molecule has 2 N–H and O–H groups in total. The molecule has 0 saturated carbocycles. The molecule has 0 amide bonds. The Hall–Kier alpha value is -0.300. The lowest BCUT2D eigenvalue weighted by molar-refractivity contribution is -0.137. The van der Waals surface area contributed by atoms with Crippen LogP contribution >= 0.6 is 22.6 Å². The van der Waals surface area contributed by atoms with Crippen LogP contribution in [0.5, 0.6) is 0 Å². The van der Waals surface area contributed by atoms with E-state index in [1.807, 2.05) is 22.6 Å². The first-order valence-corrected chi connectivity index (χ1v) is 4.94. The number of halogens is 4. The number of hydrogen-bond donors (Lipinski definition) is 1. The molecule has 0 aliphatic rings. The van der Waals surface area contributed by atoms with Crippen LogP contribution in [0, 0.1) is 0 Å². The highest BCUT2D eigenvalue weighted by molar-refractivity contribution is 14.1. The number of alkyl halides is 4. The maximum atomic E-state index is 12.3. The summed E-state index contributed by atoms with van der Waals surface area (Å²) in [7, 11) is 0. The van der Waals surface area contributed by atoms with Crippen molar-refractivity contribution in [1.82, 2.24) is 0 Å². The molecule has 78 valence electrons. The monoisotopic (exact) mass is 315 g/mol. The van der Waals surface area contributed by atoms with Gasteiger partial charge >= 0.3 is 6.18 Å². The maximum Gasteiger partial charge on any atom is 0.416 e. The average Bonchev–Trinajstić information content (AvgIpc) is 2.01. The molecule has 0 aliphatic carbocycles. The van der Waals surface area contributed by atoms with Crippen LogP contribution in [0.1, 0.15) is 18.1 Å². The predicted octanol–water partition coefficient (Wildman–Crippen LogP) is 3.27. The van der Waals surface area contributed by atoms with E-state index < -0.39 is 15.3 Å². The Bertz CT molecular complexity index is 298. The number of rotatable bonds is 1. The van der Waals surface area contributed by atoms with Gasteiger partial charge in [-0.1, -0.05) is 34.7 Å². The lowest BCUT2D eigenvalue weighted by Crippen LogP contribution is -2.25. The van der Waals surface area contributed by atoms with E-state index in [0.717, 1.165) is 12.1 Å². The molecule has 1 nitrogen and oxygen atoms in total. The van der Waals surface area contributed by atoms with Crippen molar-refractivity contribution in [2.24, 2.45) is 5.73 Å². The van der Waals surface area contributed by atoms with Crippen LogP contribution < -0.4 is 5.73 Å². The summed E-state index contributed by atoms with van der Waals surface area (Å²) >= 11 is 1.90. The summed E-state index contributed by atoms with van der Waals surface area (Å²) in [6.07, 6.45) is -4.31. The summed E-state index contributed by atoms with van der Waals surface area (Å²) in [6.45, 7) is 1.66. The van der Waals surface area contributed by atoms with Crippen LogP contribution in [0.2, 0.25) is 0 Å². The second-order valence-corrected chi connectivity index (χ2v) is 5.40. The number of benzene rings is 1. The Morgan fingerprint density at radius 2 is 1.71 bits per heavy atom. The zero-order valence-electron chi connectivity index (χ0n) is 7.40. The topological polar surface area (TPSA) is 26.0 Å². The van der Waals surface area contributed by atoms with E-state index in [4.69, 9.17) is 5.73 Å². The van der Waals surface area contributed by atoms with E-state index >= 15 is 0 Å². The van der Waals surface area contributed by atoms with E-state index in [9.17, 15) is 13.2 Å². The summed E-state index contributed by atoms with van der Waals surface area (Å²) in [5.41, 5.74) is 5.49. The standard InChI is InChI=1S/C9H9F3IN/c1-8(13,14)6-3-2-4-7(5-6)9(10,11)12/h2-5H,14H2,1H3/t8-/m0/s1. The molecule has 1 rings (SSSR count). The second-order valence-electron chi connectivity index (χ2n) is 3.15. The second kappa shape index (κ2) is 3.69. The van der Waals surface area contributed by atoms with Gasteiger partial charge in [0.25, 0.3) is 0 Å². The minimum atomic E-state index is -4.31. The zero-order chi connectivity index (χ0) is 11.0. The molecule has 0 aliphatic heterocycles. The minimum absolute atomic E-state index is 0.466. The average molecular weight is 315 g/mol. The third-order valence-electron chi connectivity index (χ3n) is 1.75. The Balaban J connectivity index is 3.15. The van der Waals surface area contributed by atoms with Crippen LogP contribution in [0.4, 0.5) is 13.2 Å². The van der Waals surface area contributed by atoms with Crippen LogP contribution in [0.15, 0.2) is 24.3 Å². The zero-order valence-corrected chi connectivity index (χ0v) is 9.56. The van der Waals surface area contributed by atoms with Gasteiger partial charge in [0.1, 0.15) is 0 Å². The van der Waals surface area contributed by atoms with Gasteiger partial charge in [0.15, 0.2) is 0 Å². The van der Waals surface area contributed by atoms with Gasteiger partial charge < -0.3 is 5.73 Å². The van der Waals surface area contributed by atoms with E-state index in [0.29, 0.717) is 5.56 Å². The molecule has 0 aromatic heterocycles. The summed E-state index contributed by atoms with van der Waals surface area (Å²) in [4.78, 5) is 0. The van der Waals surface area contributed by atoms with Gasteiger partial charge in [0, 0.05) is 0 Å². The molecular formula is C9H9F3IN. The lowest BCUT2D eigenvalue weighted by atomic mass is 10.1. The lowest BCUT2D eigenvalue weighted by Gasteiger charge is -2.18. The van der Waals surface area contributed by atoms with E-state index in [1.54, 1.807) is 13.0 Å². The highest BCUT2D eigenvalue weighted by Crippen LogP contribution is 2.33. The molecule has 1 aromatic carbocycles. The third kappa shape index (κ3) is 2.84. The number of hydrogen-bond acceptors (Lipinski definition) is 1. The molecule has 1 aromatic rings. The molecule has 0 fully saturated rings. The predicted molar refractivity (Wildman–Crippen MR) is 57.0 cm³/mol. The van der Waals surface area contributed by atoms with Crippen LogP contribution in [0.3, 0.4) is 0 Å². The van der Waals surface area contributed by atoms with E-state index in [-0.39, 0.29) is 0 Å². The van der Waals surface area contributed by atoms with Crippen molar-refractivity contribution >= 4 is 22.6 Å². The molecule has 0 saturated heterocycles. The van der Waals surface area contributed by atoms with Gasteiger partial charge in [0.2, 0.25) is 0 Å². The van der Waals surface area contributed by atoms with Crippen molar-refractivity contribution in [3.63, 3.8) is 0 Å². The molecule has 1 atom stereocenters. The Morgan fingerprint density at radius 3 is 2.14 bits per heavy atom. The summed E-state index contributed by atoms with van der Waals surface area (Å²) in [5, 5.41) is 0.